The number of pyridine rings is 3. The first-order valence-electron chi connectivity index (χ1n) is 10.1. The lowest BCUT2D eigenvalue weighted by molar-refractivity contribution is 0.386. The molecule has 12 heteroatoms. The van der Waals surface area contributed by atoms with E-state index in [0.29, 0.717) is 5.69 Å². The number of fused-ring (bicyclic) bond motifs is 1. The van der Waals surface area contributed by atoms with Crippen molar-refractivity contribution in [2.24, 2.45) is 0 Å². The van der Waals surface area contributed by atoms with Gasteiger partial charge in [-0.1, -0.05) is 11.6 Å². The Kier molecular flexibility index (Phi) is 6.54. The van der Waals surface area contributed by atoms with Crippen LogP contribution in [0.4, 0.5) is 14.5 Å². The largest absolute Gasteiger partial charge is 0.375 e. The number of hydrogen-bond donors (Lipinski definition) is 3. The average Bonchev–Trinajstić information content (AvgIpc) is 2.81. The zero-order valence-corrected chi connectivity index (χ0v) is 19.9. The maximum Gasteiger partial charge on any atom is 0.374 e. The van der Waals surface area contributed by atoms with E-state index in [0.717, 1.165) is 18.3 Å². The second kappa shape index (κ2) is 9.29. The fourth-order valence-electron chi connectivity index (χ4n) is 3.54. The van der Waals surface area contributed by atoms with Crippen LogP contribution in [0.5, 0.6) is 0 Å². The number of nitrogens with zero attached hydrogens (tertiary/aromatic N) is 4. The summed E-state index contributed by atoms with van der Waals surface area (Å²) in [5.41, 5.74) is 1.13. The molecule has 0 saturated heterocycles. The Labute approximate surface area is 203 Å². The minimum Gasteiger partial charge on any atom is -0.375 e. The molecule has 0 saturated carbocycles. The molecule has 3 N–H and O–H groups in total. The van der Waals surface area contributed by atoms with Gasteiger partial charge in [0.1, 0.15) is 17.0 Å². The van der Waals surface area contributed by atoms with Gasteiger partial charge in [-0.05, 0) is 44.2 Å². The Hall–Kier alpha value is -3.48. The van der Waals surface area contributed by atoms with Gasteiger partial charge in [-0.2, -0.15) is 5.26 Å². The van der Waals surface area contributed by atoms with E-state index in [9.17, 15) is 23.1 Å². The number of rotatable bonds is 5. The summed E-state index contributed by atoms with van der Waals surface area (Å²) in [7, 11) is -4.57. The molecular formula is C23H17ClF2N5O3P. The van der Waals surface area contributed by atoms with Crippen molar-refractivity contribution in [2.75, 3.05) is 5.32 Å². The van der Waals surface area contributed by atoms with Crippen LogP contribution in [0.2, 0.25) is 5.02 Å². The van der Waals surface area contributed by atoms with Gasteiger partial charge in [0.25, 0.3) is 0 Å². The number of anilines is 1. The van der Waals surface area contributed by atoms with Crippen LogP contribution in [0.25, 0.3) is 22.3 Å². The molecule has 1 unspecified atom stereocenters. The summed E-state index contributed by atoms with van der Waals surface area (Å²) < 4.78 is 40.8. The summed E-state index contributed by atoms with van der Waals surface area (Å²) in [5.74, 6) is -1.25. The topological polar surface area (TPSA) is 132 Å². The molecule has 0 amide bonds. The molecule has 35 heavy (non-hydrogen) atoms. The second-order valence-electron chi connectivity index (χ2n) is 7.74. The maximum atomic E-state index is 15.0. The minimum absolute atomic E-state index is 0.141. The van der Waals surface area contributed by atoms with Crippen molar-refractivity contribution in [1.82, 2.24) is 15.0 Å². The van der Waals surface area contributed by atoms with Crippen molar-refractivity contribution in [1.29, 1.82) is 5.26 Å². The predicted molar refractivity (Wildman–Crippen MR) is 127 cm³/mol. The van der Waals surface area contributed by atoms with Gasteiger partial charge in [0.2, 0.25) is 0 Å². The van der Waals surface area contributed by atoms with Crippen molar-refractivity contribution < 1.29 is 23.1 Å². The van der Waals surface area contributed by atoms with Gasteiger partial charge in [0, 0.05) is 23.4 Å². The molecule has 4 aromatic rings. The van der Waals surface area contributed by atoms with E-state index >= 15 is 0 Å². The number of halogens is 3. The van der Waals surface area contributed by atoms with Gasteiger partial charge in [0.05, 0.1) is 39.6 Å². The standard InChI is InChI=1S/C23H17ClF2N5O3P/c1-11(15-7-13(9-27)3-5-16(15)25)30-23-20(24)12(2)29-18-8-17(26)21(31-22(18)23)14-4-6-19(28-10-14)35(32,33)34/h3-8,10-11H,1-2H3,(H,29,30)(H2,32,33,34). The highest BCUT2D eigenvalue weighted by atomic mass is 35.5. The smallest absolute Gasteiger partial charge is 0.374 e. The van der Waals surface area contributed by atoms with E-state index in [1.54, 1.807) is 13.8 Å². The fourth-order valence-corrected chi connectivity index (χ4v) is 4.20. The molecule has 4 rings (SSSR count). The first-order valence-corrected chi connectivity index (χ1v) is 12.1. The first-order chi connectivity index (χ1) is 16.5. The monoisotopic (exact) mass is 515 g/mol. The highest BCUT2D eigenvalue weighted by Gasteiger charge is 2.22. The third kappa shape index (κ3) is 4.85. The van der Waals surface area contributed by atoms with E-state index in [4.69, 9.17) is 16.9 Å². The zero-order valence-electron chi connectivity index (χ0n) is 18.3. The van der Waals surface area contributed by atoms with E-state index in [-0.39, 0.29) is 44.1 Å². The van der Waals surface area contributed by atoms with Gasteiger partial charge in [-0.15, -0.1) is 0 Å². The van der Waals surface area contributed by atoms with Crippen LogP contribution in [-0.2, 0) is 4.57 Å². The maximum absolute atomic E-state index is 15.0. The fraction of sp³-hybridized carbons (Fsp3) is 0.130. The van der Waals surface area contributed by atoms with Gasteiger partial charge in [-0.3, -0.25) is 4.57 Å². The van der Waals surface area contributed by atoms with Gasteiger partial charge >= 0.3 is 7.60 Å². The molecule has 0 bridgehead atoms. The third-order valence-corrected chi connectivity index (χ3v) is 6.61. The van der Waals surface area contributed by atoms with Gasteiger partial charge in [0.15, 0.2) is 11.3 Å². The van der Waals surface area contributed by atoms with Crippen LogP contribution in [-0.4, -0.2) is 24.7 Å². The predicted octanol–water partition coefficient (Wildman–Crippen LogP) is 4.78. The Bertz CT molecular complexity index is 1550. The molecule has 178 valence electrons. The quantitative estimate of drug-likeness (QED) is 0.323. The molecule has 0 fully saturated rings. The molecule has 0 radical (unpaired) electrons. The van der Waals surface area contributed by atoms with Crippen LogP contribution in [0.1, 0.15) is 29.8 Å². The van der Waals surface area contributed by atoms with Crippen LogP contribution in [0.15, 0.2) is 42.6 Å². The van der Waals surface area contributed by atoms with Crippen LogP contribution in [0, 0.1) is 29.9 Å². The minimum atomic E-state index is -4.57. The average molecular weight is 516 g/mol. The lowest BCUT2D eigenvalue weighted by Crippen LogP contribution is -2.11. The molecule has 1 aromatic carbocycles. The molecule has 0 aliphatic heterocycles. The van der Waals surface area contributed by atoms with Crippen LogP contribution < -0.4 is 10.8 Å². The zero-order chi connectivity index (χ0) is 25.5. The number of benzene rings is 1. The van der Waals surface area contributed by atoms with E-state index in [2.05, 4.69) is 20.3 Å². The number of aryl methyl sites for hydroxylation is 1. The Morgan fingerprint density at radius 1 is 1.14 bits per heavy atom. The lowest BCUT2D eigenvalue weighted by atomic mass is 10.0. The summed E-state index contributed by atoms with van der Waals surface area (Å²) in [6, 6.07) is 8.85. The lowest BCUT2D eigenvalue weighted by Gasteiger charge is -2.20. The normalized spacial score (nSPS) is 12.4. The SMILES string of the molecule is Cc1nc2cc(F)c(-c3ccc(P(=O)(O)O)nc3)nc2c(NC(C)c2cc(C#N)ccc2F)c1Cl. The van der Waals surface area contributed by atoms with Crippen molar-refractivity contribution >= 4 is 41.4 Å². The molecule has 8 nitrogen and oxygen atoms in total. The first kappa shape index (κ1) is 24.6. The summed E-state index contributed by atoms with van der Waals surface area (Å²) in [5, 5.41) is 12.5. The summed E-state index contributed by atoms with van der Waals surface area (Å²) in [6.45, 7) is 3.30. The molecule has 3 heterocycles. The summed E-state index contributed by atoms with van der Waals surface area (Å²) in [4.78, 5) is 30.9. The molecule has 0 aliphatic rings. The van der Waals surface area contributed by atoms with Crippen molar-refractivity contribution in [3.63, 3.8) is 0 Å². The van der Waals surface area contributed by atoms with Gasteiger partial charge in [-0.25, -0.2) is 23.7 Å². The van der Waals surface area contributed by atoms with Crippen molar-refractivity contribution in [3.05, 3.63) is 76.1 Å². The molecule has 0 aliphatic carbocycles. The third-order valence-electron chi connectivity index (χ3n) is 5.29. The molecule has 1 atom stereocenters. The summed E-state index contributed by atoms with van der Waals surface area (Å²) >= 11 is 6.51. The molecule has 0 spiro atoms. The van der Waals surface area contributed by atoms with Gasteiger partial charge < -0.3 is 15.1 Å². The van der Waals surface area contributed by atoms with Crippen LogP contribution in [0.3, 0.4) is 0 Å². The Morgan fingerprint density at radius 3 is 2.51 bits per heavy atom. The Morgan fingerprint density at radius 2 is 1.89 bits per heavy atom. The highest BCUT2D eigenvalue weighted by Crippen LogP contribution is 2.37. The van der Waals surface area contributed by atoms with E-state index in [1.807, 2.05) is 6.07 Å². The number of hydrogen-bond acceptors (Lipinski definition) is 6. The number of nitriles is 1. The molecule has 3 aromatic heterocycles. The summed E-state index contributed by atoms with van der Waals surface area (Å²) in [6.07, 6.45) is 1.10. The second-order valence-corrected chi connectivity index (χ2v) is 9.66. The number of aromatic nitrogens is 3. The molecular weight excluding hydrogens is 499 g/mol. The van der Waals surface area contributed by atoms with E-state index in [1.165, 1.54) is 24.3 Å². The Balaban J connectivity index is 1.84. The van der Waals surface area contributed by atoms with Crippen LogP contribution >= 0.6 is 19.2 Å². The highest BCUT2D eigenvalue weighted by molar-refractivity contribution is 7.60. The van der Waals surface area contributed by atoms with Crippen molar-refractivity contribution in [2.45, 2.75) is 19.9 Å². The number of nitrogens with one attached hydrogen (secondary N) is 1. The van der Waals surface area contributed by atoms with Crippen molar-refractivity contribution in [3.8, 4) is 17.3 Å². The van der Waals surface area contributed by atoms with E-state index < -0.39 is 30.7 Å².